The van der Waals surface area contributed by atoms with Crippen LogP contribution < -0.4 is 16.4 Å². The molecular weight excluding hydrogens is 472 g/mol. The van der Waals surface area contributed by atoms with E-state index in [1.165, 1.54) is 24.3 Å². The minimum atomic E-state index is -1.40. The number of carbonyl (C=O) groups is 5. The third-order valence-electron chi connectivity index (χ3n) is 4.72. The zero-order valence-electron chi connectivity index (χ0n) is 21.3. The number of nitrogens with one attached hydrogen (secondary N) is 2. The SMILES string of the molecule is CCOC(=O)CCNC(=O)C(c1ccc(O)cc1)N(CC)C(=O)C(CC(N)=O)NC(=O)OC(C)(C)C. The molecule has 0 aliphatic heterocycles. The van der Waals surface area contributed by atoms with Crippen molar-refractivity contribution in [3.05, 3.63) is 29.8 Å². The zero-order valence-corrected chi connectivity index (χ0v) is 21.3. The highest BCUT2D eigenvalue weighted by molar-refractivity contribution is 5.94. The van der Waals surface area contributed by atoms with Crippen molar-refractivity contribution in [2.24, 2.45) is 5.73 Å². The van der Waals surface area contributed by atoms with Crippen LogP contribution in [0.15, 0.2) is 24.3 Å². The molecule has 5 N–H and O–H groups in total. The maximum atomic E-state index is 13.5. The van der Waals surface area contributed by atoms with E-state index in [0.717, 1.165) is 4.90 Å². The molecule has 0 fully saturated rings. The lowest BCUT2D eigenvalue weighted by Gasteiger charge is -2.33. The number of ether oxygens (including phenoxy) is 2. The average molecular weight is 509 g/mol. The highest BCUT2D eigenvalue weighted by atomic mass is 16.6. The summed E-state index contributed by atoms with van der Waals surface area (Å²) in [6, 6.07) is 3.03. The van der Waals surface area contributed by atoms with Gasteiger partial charge >= 0.3 is 12.1 Å². The number of benzene rings is 1. The summed E-state index contributed by atoms with van der Waals surface area (Å²) in [6.07, 6.45) is -1.54. The molecule has 2 unspecified atom stereocenters. The molecule has 0 aromatic heterocycles. The van der Waals surface area contributed by atoms with Crippen LogP contribution in [0.2, 0.25) is 0 Å². The van der Waals surface area contributed by atoms with E-state index in [0.29, 0.717) is 5.56 Å². The molecule has 0 aliphatic carbocycles. The minimum Gasteiger partial charge on any atom is -0.508 e. The van der Waals surface area contributed by atoms with Crippen LogP contribution in [0, 0.1) is 0 Å². The Hall–Kier alpha value is -3.83. The van der Waals surface area contributed by atoms with Gasteiger partial charge in [-0.25, -0.2) is 4.79 Å². The third kappa shape index (κ3) is 10.2. The Balaban J connectivity index is 3.26. The molecular formula is C24H36N4O8. The Bertz CT molecular complexity index is 927. The van der Waals surface area contributed by atoms with Crippen LogP contribution in [0.4, 0.5) is 4.79 Å². The highest BCUT2D eigenvalue weighted by Gasteiger charge is 2.36. The van der Waals surface area contributed by atoms with E-state index in [2.05, 4.69) is 10.6 Å². The summed E-state index contributed by atoms with van der Waals surface area (Å²) < 4.78 is 10.0. The molecule has 0 saturated heterocycles. The summed E-state index contributed by atoms with van der Waals surface area (Å²) in [4.78, 5) is 63.5. The summed E-state index contributed by atoms with van der Waals surface area (Å²) >= 11 is 0. The molecule has 0 saturated carbocycles. The Morgan fingerprint density at radius 3 is 2.19 bits per heavy atom. The Labute approximate surface area is 210 Å². The normalized spacial score (nSPS) is 12.6. The van der Waals surface area contributed by atoms with E-state index in [-0.39, 0.29) is 31.9 Å². The van der Waals surface area contributed by atoms with Crippen LogP contribution >= 0.6 is 0 Å². The van der Waals surface area contributed by atoms with E-state index >= 15 is 0 Å². The van der Waals surface area contributed by atoms with E-state index < -0.39 is 53.9 Å². The first-order valence-corrected chi connectivity index (χ1v) is 11.6. The third-order valence-corrected chi connectivity index (χ3v) is 4.72. The maximum absolute atomic E-state index is 13.5. The lowest BCUT2D eigenvalue weighted by atomic mass is 10.0. The van der Waals surface area contributed by atoms with Crippen molar-refractivity contribution in [2.45, 2.75) is 65.1 Å². The van der Waals surface area contributed by atoms with Crippen LogP contribution in [-0.2, 0) is 28.7 Å². The number of likely N-dealkylation sites (N-methyl/N-ethyl adjacent to an activating group) is 1. The van der Waals surface area contributed by atoms with Gasteiger partial charge in [0.2, 0.25) is 17.7 Å². The van der Waals surface area contributed by atoms with E-state index in [4.69, 9.17) is 15.2 Å². The van der Waals surface area contributed by atoms with Gasteiger partial charge in [0.05, 0.1) is 19.4 Å². The molecule has 2 atom stereocenters. The van der Waals surface area contributed by atoms with Crippen LogP contribution in [0.1, 0.15) is 59.1 Å². The molecule has 0 radical (unpaired) electrons. The van der Waals surface area contributed by atoms with Crippen molar-refractivity contribution >= 4 is 29.8 Å². The van der Waals surface area contributed by atoms with Crippen molar-refractivity contribution < 1.29 is 38.6 Å². The second kappa shape index (κ2) is 13.9. The largest absolute Gasteiger partial charge is 0.508 e. The molecule has 1 aromatic carbocycles. The quantitative estimate of drug-likeness (QED) is 0.303. The Morgan fingerprint density at radius 1 is 1.08 bits per heavy atom. The van der Waals surface area contributed by atoms with E-state index in [1.807, 2.05) is 0 Å². The number of phenolic OH excluding ortho intramolecular Hbond substituents is 1. The van der Waals surface area contributed by atoms with Gasteiger partial charge in [-0.2, -0.15) is 0 Å². The summed E-state index contributed by atoms with van der Waals surface area (Å²) in [6.45, 7) is 8.36. The van der Waals surface area contributed by atoms with Crippen LogP contribution in [-0.4, -0.2) is 71.1 Å². The second-order valence-corrected chi connectivity index (χ2v) is 8.83. The molecule has 0 bridgehead atoms. The van der Waals surface area contributed by atoms with E-state index in [9.17, 15) is 29.1 Å². The summed E-state index contributed by atoms with van der Waals surface area (Å²) in [5, 5.41) is 14.6. The monoisotopic (exact) mass is 508 g/mol. The molecule has 0 heterocycles. The van der Waals surface area contributed by atoms with Gasteiger partial charge < -0.3 is 35.8 Å². The molecule has 12 heteroatoms. The van der Waals surface area contributed by atoms with Gasteiger partial charge in [-0.1, -0.05) is 12.1 Å². The number of phenols is 1. The first-order valence-electron chi connectivity index (χ1n) is 11.6. The van der Waals surface area contributed by atoms with Crippen molar-refractivity contribution in [3.8, 4) is 5.75 Å². The fourth-order valence-corrected chi connectivity index (χ4v) is 3.26. The van der Waals surface area contributed by atoms with Crippen LogP contribution in [0.25, 0.3) is 0 Å². The van der Waals surface area contributed by atoms with Crippen molar-refractivity contribution in [2.75, 3.05) is 19.7 Å². The summed E-state index contributed by atoms with van der Waals surface area (Å²) in [7, 11) is 0. The minimum absolute atomic E-state index is 0.0148. The van der Waals surface area contributed by atoms with Gasteiger partial charge in [-0.15, -0.1) is 0 Å². The van der Waals surface area contributed by atoms with Gasteiger partial charge in [0.15, 0.2) is 0 Å². The molecule has 1 aromatic rings. The fourth-order valence-electron chi connectivity index (χ4n) is 3.26. The van der Waals surface area contributed by atoms with Gasteiger partial charge in [-0.05, 0) is 52.3 Å². The number of nitrogens with two attached hydrogens (primary N) is 1. The molecule has 1 rings (SSSR count). The van der Waals surface area contributed by atoms with Gasteiger partial charge in [0.25, 0.3) is 0 Å². The lowest BCUT2D eigenvalue weighted by Crippen LogP contribution is -2.54. The molecule has 200 valence electrons. The predicted molar refractivity (Wildman–Crippen MR) is 129 cm³/mol. The van der Waals surface area contributed by atoms with Crippen molar-refractivity contribution in [1.29, 1.82) is 0 Å². The molecule has 12 nitrogen and oxygen atoms in total. The number of hydrogen-bond donors (Lipinski definition) is 4. The lowest BCUT2D eigenvalue weighted by molar-refractivity contribution is -0.144. The number of nitrogens with zero attached hydrogens (tertiary/aromatic N) is 1. The second-order valence-electron chi connectivity index (χ2n) is 8.83. The van der Waals surface area contributed by atoms with Gasteiger partial charge in [-0.3, -0.25) is 19.2 Å². The number of hydrogen-bond acceptors (Lipinski definition) is 8. The number of carbonyl (C=O) groups excluding carboxylic acids is 5. The number of amides is 4. The van der Waals surface area contributed by atoms with Gasteiger partial charge in [0.1, 0.15) is 23.4 Å². The number of rotatable bonds is 12. The van der Waals surface area contributed by atoms with Crippen molar-refractivity contribution in [1.82, 2.24) is 15.5 Å². The molecule has 36 heavy (non-hydrogen) atoms. The summed E-state index contributed by atoms with van der Waals surface area (Å²) in [5.74, 6) is -2.75. The number of aromatic hydroxyl groups is 1. The van der Waals surface area contributed by atoms with E-state index in [1.54, 1.807) is 34.6 Å². The van der Waals surface area contributed by atoms with Crippen LogP contribution in [0.5, 0.6) is 5.75 Å². The number of primary amides is 1. The fraction of sp³-hybridized carbons (Fsp3) is 0.542. The standard InChI is InChI=1S/C24H36N4O8/c1-6-28(22(33)17(14-18(25)30)27-23(34)36-24(3,4)5)20(15-8-10-16(29)11-9-15)21(32)26-13-12-19(31)35-7-2/h8-11,17,20,29H,6-7,12-14H2,1-5H3,(H2,25,30)(H,26,32)(H,27,34). The molecule has 0 aliphatic rings. The predicted octanol–water partition coefficient (Wildman–Crippen LogP) is 1.12. The first kappa shape index (κ1) is 30.2. The summed E-state index contributed by atoms with van der Waals surface area (Å²) in [5.41, 5.74) is 4.80. The smallest absolute Gasteiger partial charge is 0.408 e. The topological polar surface area (TPSA) is 177 Å². The first-order chi connectivity index (χ1) is 16.8. The van der Waals surface area contributed by atoms with Crippen molar-refractivity contribution in [3.63, 3.8) is 0 Å². The Kier molecular flexibility index (Phi) is 11.7. The number of alkyl carbamates (subject to hydrolysis) is 1. The molecule has 4 amide bonds. The average Bonchev–Trinajstić information content (AvgIpc) is 2.75. The van der Waals surface area contributed by atoms with Crippen LogP contribution in [0.3, 0.4) is 0 Å². The highest BCUT2D eigenvalue weighted by Crippen LogP contribution is 2.24. The molecule has 0 spiro atoms. The Morgan fingerprint density at radius 2 is 1.69 bits per heavy atom. The maximum Gasteiger partial charge on any atom is 0.408 e. The number of esters is 1. The van der Waals surface area contributed by atoms with Gasteiger partial charge in [0, 0.05) is 13.1 Å². The zero-order chi connectivity index (χ0) is 27.5.